The van der Waals surface area contributed by atoms with Gasteiger partial charge in [-0.1, -0.05) is 78.6 Å². The van der Waals surface area contributed by atoms with E-state index in [4.69, 9.17) is 10.2 Å². The zero-order valence-corrected chi connectivity index (χ0v) is 16.4. The highest BCUT2D eigenvalue weighted by Gasteiger charge is 2.19. The van der Waals surface area contributed by atoms with Crippen LogP contribution >= 0.6 is 0 Å². The lowest BCUT2D eigenvalue weighted by molar-refractivity contribution is 0.0948. The van der Waals surface area contributed by atoms with Gasteiger partial charge in [-0.05, 0) is 12.3 Å². The average Bonchev–Trinajstić information content (AvgIpc) is 3.08. The number of hydrogen-bond donors (Lipinski definition) is 2. The first-order valence-corrected chi connectivity index (χ1v) is 10.1. The molecule has 1 atom stereocenters. The van der Waals surface area contributed by atoms with E-state index in [0.717, 1.165) is 12.8 Å². The van der Waals surface area contributed by atoms with Gasteiger partial charge in [-0.15, -0.1) is 0 Å². The Hall–Kier alpha value is -1.36. The Morgan fingerprint density at radius 2 is 1.64 bits per heavy atom. The minimum Gasteiger partial charge on any atom is -0.446 e. The van der Waals surface area contributed by atoms with E-state index < -0.39 is 0 Å². The summed E-state index contributed by atoms with van der Waals surface area (Å²) in [4.78, 5) is 16.2. The van der Waals surface area contributed by atoms with Crippen LogP contribution in [0.2, 0.25) is 0 Å². The summed E-state index contributed by atoms with van der Waals surface area (Å²) in [7, 11) is 0. The minimum absolute atomic E-state index is 0.179. The van der Waals surface area contributed by atoms with Crippen LogP contribution in [0.4, 0.5) is 0 Å². The quantitative estimate of drug-likeness (QED) is 0.463. The van der Waals surface area contributed by atoms with E-state index >= 15 is 0 Å². The van der Waals surface area contributed by atoms with Crippen LogP contribution in [0.5, 0.6) is 0 Å². The molecule has 25 heavy (non-hydrogen) atoms. The predicted octanol–water partition coefficient (Wildman–Crippen LogP) is 4.98. The lowest BCUT2D eigenvalue weighted by Gasteiger charge is -2.10. The molecule has 144 valence electrons. The number of nitrogens with two attached hydrogens (primary N) is 1. The Bertz CT molecular complexity index is 471. The second-order valence-corrected chi connectivity index (χ2v) is 7.28. The summed E-state index contributed by atoms with van der Waals surface area (Å²) in [5.74, 6) is 0.474. The van der Waals surface area contributed by atoms with Crippen LogP contribution in [0.1, 0.15) is 107 Å². The molecule has 1 heterocycles. The van der Waals surface area contributed by atoms with Crippen molar-refractivity contribution in [3.05, 3.63) is 17.8 Å². The van der Waals surface area contributed by atoms with Crippen LogP contribution in [0.15, 0.2) is 10.7 Å². The van der Waals surface area contributed by atoms with Gasteiger partial charge in [-0.3, -0.25) is 4.79 Å². The largest absolute Gasteiger partial charge is 0.446 e. The van der Waals surface area contributed by atoms with Crippen LogP contribution in [0, 0.1) is 5.92 Å². The van der Waals surface area contributed by atoms with E-state index in [0.29, 0.717) is 18.1 Å². The molecule has 0 radical (unpaired) electrons. The number of rotatable bonds is 14. The number of carbonyl (C=O) groups is 1. The summed E-state index contributed by atoms with van der Waals surface area (Å²) in [6, 6.07) is -0.275. The van der Waals surface area contributed by atoms with E-state index in [9.17, 15) is 4.79 Å². The molecule has 0 spiro atoms. The smallest absolute Gasteiger partial charge is 0.273 e. The van der Waals surface area contributed by atoms with Crippen molar-refractivity contribution in [2.24, 2.45) is 11.7 Å². The number of nitrogens with one attached hydrogen (secondary N) is 1. The van der Waals surface area contributed by atoms with E-state index in [1.54, 1.807) is 0 Å². The van der Waals surface area contributed by atoms with Crippen molar-refractivity contribution < 1.29 is 9.21 Å². The predicted molar refractivity (Wildman–Crippen MR) is 102 cm³/mol. The molecule has 0 fully saturated rings. The van der Waals surface area contributed by atoms with Crippen LogP contribution in [0.25, 0.3) is 0 Å². The number of amides is 1. The SMILES string of the molecule is CCCCCCCCCCCCNC(=O)c1coc(C(N)C(C)C)n1. The zero-order chi connectivity index (χ0) is 18.5. The maximum absolute atomic E-state index is 12.0. The second-order valence-electron chi connectivity index (χ2n) is 7.28. The van der Waals surface area contributed by atoms with Gasteiger partial charge in [0, 0.05) is 6.54 Å². The first kappa shape index (κ1) is 21.7. The third-order valence-electron chi connectivity index (χ3n) is 4.57. The molecule has 0 aliphatic carbocycles. The molecule has 1 rings (SSSR count). The molecule has 0 saturated carbocycles. The van der Waals surface area contributed by atoms with Gasteiger partial charge in [0.25, 0.3) is 5.91 Å². The summed E-state index contributed by atoms with van der Waals surface area (Å²) in [5, 5.41) is 2.90. The Kier molecular flexibility index (Phi) is 11.2. The number of hydrogen-bond acceptors (Lipinski definition) is 4. The minimum atomic E-state index is -0.275. The lowest BCUT2D eigenvalue weighted by atomic mass is 10.1. The van der Waals surface area contributed by atoms with Gasteiger partial charge in [-0.25, -0.2) is 4.98 Å². The molecule has 0 aliphatic rings. The van der Waals surface area contributed by atoms with Crippen molar-refractivity contribution in [2.45, 2.75) is 91.0 Å². The fourth-order valence-corrected chi connectivity index (χ4v) is 2.74. The van der Waals surface area contributed by atoms with E-state index in [2.05, 4.69) is 17.2 Å². The zero-order valence-electron chi connectivity index (χ0n) is 16.4. The first-order chi connectivity index (χ1) is 12.1. The van der Waals surface area contributed by atoms with Crippen molar-refractivity contribution in [1.82, 2.24) is 10.3 Å². The second kappa shape index (κ2) is 12.9. The van der Waals surface area contributed by atoms with Crippen LogP contribution in [-0.2, 0) is 0 Å². The van der Waals surface area contributed by atoms with Crippen molar-refractivity contribution in [3.63, 3.8) is 0 Å². The highest BCUT2D eigenvalue weighted by Crippen LogP contribution is 2.18. The van der Waals surface area contributed by atoms with Gasteiger partial charge in [0.15, 0.2) is 5.69 Å². The number of aromatic nitrogens is 1. The Balaban J connectivity index is 2.06. The van der Waals surface area contributed by atoms with Crippen LogP contribution < -0.4 is 11.1 Å². The molecule has 1 amide bonds. The Morgan fingerprint density at radius 3 is 2.20 bits per heavy atom. The number of unbranched alkanes of at least 4 members (excludes halogenated alkanes) is 9. The van der Waals surface area contributed by atoms with Crippen molar-refractivity contribution >= 4 is 5.91 Å². The average molecular weight is 352 g/mol. The van der Waals surface area contributed by atoms with Crippen molar-refractivity contribution in [3.8, 4) is 0 Å². The van der Waals surface area contributed by atoms with Crippen LogP contribution in [-0.4, -0.2) is 17.4 Å². The van der Waals surface area contributed by atoms with Gasteiger partial charge in [0.2, 0.25) is 5.89 Å². The summed E-state index contributed by atoms with van der Waals surface area (Å²) in [6.45, 7) is 6.94. The molecule has 1 unspecified atom stereocenters. The van der Waals surface area contributed by atoms with Gasteiger partial charge >= 0.3 is 0 Å². The number of nitrogens with zero attached hydrogens (tertiary/aromatic N) is 1. The molecule has 3 N–H and O–H groups in total. The van der Waals surface area contributed by atoms with E-state index in [1.807, 2.05) is 13.8 Å². The van der Waals surface area contributed by atoms with Gasteiger partial charge in [-0.2, -0.15) is 0 Å². The van der Waals surface area contributed by atoms with E-state index in [-0.39, 0.29) is 17.9 Å². The lowest BCUT2D eigenvalue weighted by Crippen LogP contribution is -2.25. The topological polar surface area (TPSA) is 81.2 Å². The monoisotopic (exact) mass is 351 g/mol. The Labute approximate surface area is 153 Å². The molecule has 0 aliphatic heterocycles. The molecule has 5 heteroatoms. The number of oxazole rings is 1. The molecule has 0 aromatic carbocycles. The fraction of sp³-hybridized carbons (Fsp3) is 0.800. The molecule has 1 aromatic heterocycles. The third kappa shape index (κ3) is 9.05. The maximum Gasteiger partial charge on any atom is 0.273 e. The highest BCUT2D eigenvalue weighted by molar-refractivity contribution is 5.91. The van der Waals surface area contributed by atoms with E-state index in [1.165, 1.54) is 57.6 Å². The summed E-state index contributed by atoms with van der Waals surface area (Å²) < 4.78 is 5.32. The first-order valence-electron chi connectivity index (χ1n) is 10.1. The number of carbonyl (C=O) groups excluding carboxylic acids is 1. The summed E-state index contributed by atoms with van der Waals surface area (Å²) >= 11 is 0. The van der Waals surface area contributed by atoms with Gasteiger partial charge in [0.1, 0.15) is 6.26 Å². The molecule has 1 aromatic rings. The van der Waals surface area contributed by atoms with Crippen LogP contribution in [0.3, 0.4) is 0 Å². The molecule has 5 nitrogen and oxygen atoms in total. The van der Waals surface area contributed by atoms with Crippen molar-refractivity contribution in [2.75, 3.05) is 6.54 Å². The summed E-state index contributed by atoms with van der Waals surface area (Å²) in [5.41, 5.74) is 6.29. The van der Waals surface area contributed by atoms with Gasteiger partial charge in [0.05, 0.1) is 6.04 Å². The third-order valence-corrected chi connectivity index (χ3v) is 4.57. The standard InChI is InChI=1S/C20H37N3O2/c1-4-5-6-7-8-9-10-11-12-13-14-22-19(24)17-15-25-20(23-17)18(21)16(2)3/h15-16,18H,4-14,21H2,1-3H3,(H,22,24). The molecule has 0 saturated heterocycles. The normalized spacial score (nSPS) is 12.5. The molecule has 0 bridgehead atoms. The molecular weight excluding hydrogens is 314 g/mol. The fourth-order valence-electron chi connectivity index (χ4n) is 2.74. The summed E-state index contributed by atoms with van der Waals surface area (Å²) in [6.07, 6.45) is 14.3. The Morgan fingerprint density at radius 1 is 1.08 bits per heavy atom. The van der Waals surface area contributed by atoms with Gasteiger partial charge < -0.3 is 15.5 Å². The maximum atomic E-state index is 12.0. The highest BCUT2D eigenvalue weighted by atomic mass is 16.3. The molecular formula is C20H37N3O2. The van der Waals surface area contributed by atoms with Crippen molar-refractivity contribution in [1.29, 1.82) is 0 Å².